The van der Waals surface area contributed by atoms with Gasteiger partial charge in [-0.25, -0.2) is 0 Å². The Morgan fingerprint density at radius 2 is 1.53 bits per heavy atom. The molecule has 0 aromatic heterocycles. The van der Waals surface area contributed by atoms with Crippen LogP contribution < -0.4 is 0 Å². The van der Waals surface area contributed by atoms with Crippen molar-refractivity contribution in [1.29, 1.82) is 0 Å². The van der Waals surface area contributed by atoms with E-state index in [0.29, 0.717) is 6.42 Å². The second kappa shape index (κ2) is 10.5. The van der Waals surface area contributed by atoms with Crippen LogP contribution in [0.1, 0.15) is 71.6 Å². The first-order valence-electron chi connectivity index (χ1n) is 8.07. The average Bonchev–Trinajstić information content (AvgIpc) is 2.29. The monoisotopic (exact) mass is 286 g/mol. The molecule has 0 aliphatic rings. The van der Waals surface area contributed by atoms with Gasteiger partial charge in [-0.3, -0.25) is 4.79 Å². The fourth-order valence-corrected chi connectivity index (χ4v) is 2.85. The van der Waals surface area contributed by atoms with E-state index < -0.39 is 8.32 Å². The van der Waals surface area contributed by atoms with Gasteiger partial charge in [-0.15, -0.1) is 0 Å². The van der Waals surface area contributed by atoms with Crippen molar-refractivity contribution in [2.75, 3.05) is 0 Å². The van der Waals surface area contributed by atoms with Crippen LogP contribution >= 0.6 is 0 Å². The summed E-state index contributed by atoms with van der Waals surface area (Å²) in [7, 11) is -1.67. The third-order valence-electron chi connectivity index (χ3n) is 3.44. The van der Waals surface area contributed by atoms with E-state index in [0.717, 1.165) is 12.3 Å². The highest BCUT2D eigenvalue weighted by Gasteiger charge is 2.19. The fraction of sp³-hybridized carbons (Fsp3) is 0.938. The summed E-state index contributed by atoms with van der Waals surface area (Å²) >= 11 is 0. The Labute approximate surface area is 121 Å². The summed E-state index contributed by atoms with van der Waals surface area (Å²) in [5, 5.41) is 0. The van der Waals surface area contributed by atoms with Gasteiger partial charge in [0.15, 0.2) is 0 Å². The molecule has 0 aliphatic carbocycles. The van der Waals surface area contributed by atoms with E-state index in [1.807, 2.05) is 0 Å². The normalized spacial score (nSPS) is 13.3. The van der Waals surface area contributed by atoms with Crippen LogP contribution in [0, 0.1) is 5.92 Å². The lowest BCUT2D eigenvalue weighted by atomic mass is 10.00. The van der Waals surface area contributed by atoms with Crippen molar-refractivity contribution in [3.05, 3.63) is 0 Å². The quantitative estimate of drug-likeness (QED) is 0.368. The Bertz CT molecular complexity index is 233. The summed E-state index contributed by atoms with van der Waals surface area (Å²) in [6, 6.07) is 0. The molecule has 0 bridgehead atoms. The van der Waals surface area contributed by atoms with Gasteiger partial charge in [0.05, 0.1) is 0 Å². The lowest BCUT2D eigenvalue weighted by Crippen LogP contribution is -2.28. The molecule has 0 fully saturated rings. The first-order valence-corrected chi connectivity index (χ1v) is 11.5. The van der Waals surface area contributed by atoms with E-state index >= 15 is 0 Å². The van der Waals surface area contributed by atoms with Crippen LogP contribution in [-0.2, 0) is 9.22 Å². The number of unbranched alkanes of at least 4 members (excludes halogenated alkanes) is 5. The van der Waals surface area contributed by atoms with Crippen LogP contribution in [0.25, 0.3) is 0 Å². The minimum Gasteiger partial charge on any atom is -0.520 e. The highest BCUT2D eigenvalue weighted by atomic mass is 28.4. The van der Waals surface area contributed by atoms with Crippen LogP contribution in [0.5, 0.6) is 0 Å². The predicted octanol–water partition coefficient (Wildman–Crippen LogP) is 5.53. The lowest BCUT2D eigenvalue weighted by Gasteiger charge is -2.17. The Kier molecular flexibility index (Phi) is 10.3. The Balaban J connectivity index is 3.30. The molecule has 1 unspecified atom stereocenters. The molecule has 0 rings (SSSR count). The van der Waals surface area contributed by atoms with Crippen molar-refractivity contribution < 1.29 is 9.22 Å². The van der Waals surface area contributed by atoms with E-state index in [9.17, 15) is 4.79 Å². The summed E-state index contributed by atoms with van der Waals surface area (Å²) in [5.41, 5.74) is 0. The van der Waals surface area contributed by atoms with Crippen molar-refractivity contribution in [3.63, 3.8) is 0 Å². The van der Waals surface area contributed by atoms with Gasteiger partial charge in [0, 0.05) is 6.42 Å². The number of carbonyl (C=O) groups excluding carboxylic acids is 1. The van der Waals surface area contributed by atoms with Crippen LogP contribution in [0.4, 0.5) is 0 Å². The maximum atomic E-state index is 11.5. The second-order valence-electron chi connectivity index (χ2n) is 6.76. The van der Waals surface area contributed by atoms with Gasteiger partial charge in [0.25, 0.3) is 5.97 Å². The Morgan fingerprint density at radius 1 is 1.00 bits per heavy atom. The zero-order valence-corrected chi connectivity index (χ0v) is 14.8. The summed E-state index contributed by atoms with van der Waals surface area (Å²) < 4.78 is 5.42. The van der Waals surface area contributed by atoms with Gasteiger partial charge in [0.1, 0.15) is 0 Å². The van der Waals surface area contributed by atoms with Gasteiger partial charge < -0.3 is 4.43 Å². The average molecular weight is 287 g/mol. The Morgan fingerprint density at radius 3 is 2.05 bits per heavy atom. The topological polar surface area (TPSA) is 26.3 Å². The van der Waals surface area contributed by atoms with Crippen LogP contribution in [-0.4, -0.2) is 14.3 Å². The molecule has 0 aromatic rings. The first kappa shape index (κ1) is 18.7. The molecule has 0 saturated heterocycles. The van der Waals surface area contributed by atoms with E-state index in [1.165, 1.54) is 44.9 Å². The SMILES string of the molecule is CCC(C)CCCCCCCCC(=O)O[Si](C)(C)C. The van der Waals surface area contributed by atoms with Crippen LogP contribution in [0.15, 0.2) is 0 Å². The molecular weight excluding hydrogens is 252 g/mol. The van der Waals surface area contributed by atoms with Gasteiger partial charge in [-0.1, -0.05) is 58.8 Å². The highest BCUT2D eigenvalue weighted by molar-refractivity contribution is 6.71. The fourth-order valence-electron chi connectivity index (χ4n) is 2.07. The molecule has 1 atom stereocenters. The van der Waals surface area contributed by atoms with E-state index in [4.69, 9.17) is 4.43 Å². The summed E-state index contributed by atoms with van der Waals surface area (Å²) in [6.45, 7) is 10.8. The van der Waals surface area contributed by atoms with Crippen molar-refractivity contribution >= 4 is 14.3 Å². The molecule has 0 radical (unpaired) electrons. The minimum absolute atomic E-state index is 0.0101. The Hall–Kier alpha value is -0.313. The molecule has 0 N–H and O–H groups in total. The van der Waals surface area contributed by atoms with Crippen LogP contribution in [0.2, 0.25) is 19.6 Å². The minimum atomic E-state index is -1.67. The molecule has 0 saturated carbocycles. The van der Waals surface area contributed by atoms with Gasteiger partial charge in [-0.05, 0) is 32.0 Å². The summed E-state index contributed by atoms with van der Waals surface area (Å²) in [4.78, 5) is 11.5. The predicted molar refractivity (Wildman–Crippen MR) is 85.8 cm³/mol. The largest absolute Gasteiger partial charge is 0.520 e. The van der Waals surface area contributed by atoms with Gasteiger partial charge >= 0.3 is 0 Å². The number of hydrogen-bond donors (Lipinski definition) is 0. The molecule has 3 heteroatoms. The highest BCUT2D eigenvalue weighted by Crippen LogP contribution is 2.15. The summed E-state index contributed by atoms with van der Waals surface area (Å²) in [5.74, 6) is 0.896. The number of rotatable bonds is 11. The number of hydrogen-bond acceptors (Lipinski definition) is 2. The zero-order valence-electron chi connectivity index (χ0n) is 13.8. The van der Waals surface area contributed by atoms with Gasteiger partial charge in [0.2, 0.25) is 8.32 Å². The van der Waals surface area contributed by atoms with Crippen molar-refractivity contribution in [2.24, 2.45) is 5.92 Å². The third-order valence-corrected chi connectivity index (χ3v) is 4.28. The van der Waals surface area contributed by atoms with E-state index in [1.54, 1.807) is 0 Å². The second-order valence-corrected chi connectivity index (χ2v) is 11.2. The molecule has 0 spiro atoms. The van der Waals surface area contributed by atoms with Crippen molar-refractivity contribution in [3.8, 4) is 0 Å². The summed E-state index contributed by atoms with van der Waals surface area (Å²) in [6.07, 6.45) is 10.8. The zero-order chi connectivity index (χ0) is 14.7. The first-order chi connectivity index (χ1) is 8.85. The molecule has 19 heavy (non-hydrogen) atoms. The van der Waals surface area contributed by atoms with Crippen molar-refractivity contribution in [1.82, 2.24) is 0 Å². The maximum Gasteiger partial charge on any atom is 0.292 e. The van der Waals surface area contributed by atoms with E-state index in [2.05, 4.69) is 33.5 Å². The molecule has 2 nitrogen and oxygen atoms in total. The van der Waals surface area contributed by atoms with Crippen molar-refractivity contribution in [2.45, 2.75) is 91.3 Å². The number of carbonyl (C=O) groups is 1. The molecule has 114 valence electrons. The standard InChI is InChI=1S/C16H34O2Si/c1-6-15(2)13-11-9-7-8-10-12-14-16(17)18-19(3,4)5/h15H,6-14H2,1-5H3. The molecule has 0 amide bonds. The lowest BCUT2D eigenvalue weighted by molar-refractivity contribution is -0.135. The van der Waals surface area contributed by atoms with E-state index in [-0.39, 0.29) is 5.97 Å². The molecule has 0 aliphatic heterocycles. The molecule has 0 aromatic carbocycles. The third kappa shape index (κ3) is 13.9. The van der Waals surface area contributed by atoms with Crippen LogP contribution in [0.3, 0.4) is 0 Å². The maximum absolute atomic E-state index is 11.5. The van der Waals surface area contributed by atoms with Gasteiger partial charge in [-0.2, -0.15) is 0 Å². The smallest absolute Gasteiger partial charge is 0.292 e. The molecule has 0 heterocycles. The molecular formula is C16H34O2Si.